The van der Waals surface area contributed by atoms with E-state index in [9.17, 15) is 4.79 Å². The van der Waals surface area contributed by atoms with Crippen LogP contribution in [0.15, 0.2) is 23.5 Å². The molecule has 0 aromatic heterocycles. The lowest BCUT2D eigenvalue weighted by Gasteiger charge is -2.61. The molecule has 4 aliphatic carbocycles. The summed E-state index contributed by atoms with van der Waals surface area (Å²) in [6.07, 6.45) is 14.0. The monoisotopic (exact) mass is 604 g/mol. The van der Waals surface area contributed by atoms with Crippen LogP contribution in [0.1, 0.15) is 72.1 Å². The van der Waals surface area contributed by atoms with E-state index in [4.69, 9.17) is 13.3 Å². The van der Waals surface area contributed by atoms with E-state index in [0.29, 0.717) is 47.5 Å². The van der Waals surface area contributed by atoms with Gasteiger partial charge in [0.05, 0.1) is 11.9 Å². The van der Waals surface area contributed by atoms with Crippen molar-refractivity contribution in [3.8, 4) is 0 Å². The van der Waals surface area contributed by atoms with E-state index in [1.165, 1.54) is 25.7 Å². The third-order valence-corrected chi connectivity index (χ3v) is 13.4. The summed E-state index contributed by atoms with van der Waals surface area (Å²) in [4.78, 5) is 12.6. The van der Waals surface area contributed by atoms with Gasteiger partial charge in [-0.2, -0.15) is 0 Å². The van der Waals surface area contributed by atoms with Crippen molar-refractivity contribution >= 4 is 30.9 Å². The molecule has 8 atom stereocenters. The maximum absolute atomic E-state index is 12.6. The zero-order valence-electron chi connectivity index (χ0n) is 27.9. The quantitative estimate of drug-likeness (QED) is 0.246. The highest BCUT2D eigenvalue weighted by atomic mass is 28.4. The fourth-order valence-corrected chi connectivity index (χ4v) is 12.0. The zero-order valence-corrected chi connectivity index (χ0v) is 30.9. The first kappa shape index (κ1) is 32.3. The van der Waals surface area contributed by atoms with E-state index in [-0.39, 0.29) is 11.4 Å². The minimum atomic E-state index is -1.83. The van der Waals surface area contributed by atoms with E-state index < -0.39 is 25.0 Å². The lowest BCUT2D eigenvalue weighted by Crippen LogP contribution is -2.57. The first-order valence-corrected chi connectivity index (χ1v) is 26.4. The number of rotatable bonds is 9. The number of fused-ring (bicyclic) bond motifs is 5. The smallest absolute Gasteiger partial charge is 0.292 e. The van der Waals surface area contributed by atoms with Crippen LogP contribution in [-0.2, 0) is 18.1 Å². The Morgan fingerprint density at radius 2 is 1.62 bits per heavy atom. The fourth-order valence-electron chi connectivity index (χ4n) is 9.24. The lowest BCUT2D eigenvalue weighted by atomic mass is 9.46. The van der Waals surface area contributed by atoms with Crippen molar-refractivity contribution in [2.24, 2.45) is 40.4 Å². The first-order valence-electron chi connectivity index (χ1n) is 16.2. The average molecular weight is 605 g/mol. The van der Waals surface area contributed by atoms with Gasteiger partial charge in [0.15, 0.2) is 8.32 Å². The number of carbonyl (C=O) groups excluding carboxylic acids is 1. The molecule has 0 saturated heterocycles. The summed E-state index contributed by atoms with van der Waals surface area (Å²) in [5.74, 6) is 4.34. The number of hydrogen-bond acceptors (Lipinski definition) is 4. The topological polar surface area (TPSA) is 44.8 Å². The van der Waals surface area contributed by atoms with Gasteiger partial charge in [0.2, 0.25) is 16.6 Å². The van der Waals surface area contributed by atoms with Crippen molar-refractivity contribution in [1.82, 2.24) is 0 Å². The Bertz CT molecular complexity index is 1020. The molecule has 4 unspecified atom stereocenters. The maximum Gasteiger partial charge on any atom is 0.292 e. The van der Waals surface area contributed by atoms with Gasteiger partial charge >= 0.3 is 0 Å². The summed E-state index contributed by atoms with van der Waals surface area (Å²) in [5.41, 5.74) is 2.13. The van der Waals surface area contributed by atoms with Crippen LogP contribution in [0.2, 0.25) is 58.9 Å². The van der Waals surface area contributed by atoms with E-state index in [1.807, 2.05) is 0 Å². The molecular formula is C33H60O4Si3. The van der Waals surface area contributed by atoms with Crippen LogP contribution in [0.4, 0.5) is 0 Å². The SMILES string of the molecule is CC(CCC(=O)O[Si](C)(C)C)[C@H]1CCC2C3C(CC[C@@]21C)[C@@]1(C)CC=C(O[Si](C)(C)C)C=C1C[C@H]3O[Si](C)(C)C. The van der Waals surface area contributed by atoms with Crippen molar-refractivity contribution in [1.29, 1.82) is 0 Å². The second-order valence-corrected chi connectivity index (χ2v) is 30.5. The zero-order chi connectivity index (χ0) is 29.9. The Morgan fingerprint density at radius 3 is 2.23 bits per heavy atom. The standard InChI is InChI=1S/C33H60O4Si3/c1-23(13-16-30(34)37-40(10,11)12)26-14-15-27-31-28(18-20-33(26,27)3)32(2)19-17-25(35-38(4,5)6)21-24(32)22-29(31)36-39(7,8)9/h17,21,23,26-29,31H,13-16,18-20,22H2,1-12H3/t23?,26-,27?,28?,29-,31?,32+,33-/m1/s1. The van der Waals surface area contributed by atoms with Crippen LogP contribution in [0.5, 0.6) is 0 Å². The molecule has 4 aliphatic rings. The minimum Gasteiger partial charge on any atom is -0.545 e. The van der Waals surface area contributed by atoms with E-state index in [1.54, 1.807) is 5.57 Å². The highest BCUT2D eigenvalue weighted by Crippen LogP contribution is 2.68. The second kappa shape index (κ2) is 11.1. The van der Waals surface area contributed by atoms with Gasteiger partial charge in [-0.1, -0.05) is 26.3 Å². The summed E-state index contributed by atoms with van der Waals surface area (Å²) >= 11 is 0. The number of hydrogen-bond donors (Lipinski definition) is 0. The second-order valence-electron chi connectivity index (χ2n) is 17.2. The van der Waals surface area contributed by atoms with Gasteiger partial charge in [0, 0.05) is 6.42 Å². The maximum atomic E-state index is 12.6. The molecule has 0 aromatic rings. The first-order chi connectivity index (χ1) is 18.2. The van der Waals surface area contributed by atoms with Crippen LogP contribution < -0.4 is 0 Å². The van der Waals surface area contributed by atoms with Gasteiger partial charge in [-0.05, 0) is 156 Å². The summed E-state index contributed by atoms with van der Waals surface area (Å²) < 4.78 is 19.4. The third kappa shape index (κ3) is 6.94. The van der Waals surface area contributed by atoms with Gasteiger partial charge in [-0.15, -0.1) is 0 Å². The van der Waals surface area contributed by atoms with Crippen molar-refractivity contribution in [2.45, 2.75) is 137 Å². The summed E-state index contributed by atoms with van der Waals surface area (Å²) in [6, 6.07) is 0. The van der Waals surface area contributed by atoms with Crippen molar-refractivity contribution in [2.75, 3.05) is 0 Å². The largest absolute Gasteiger partial charge is 0.545 e. The molecule has 4 nitrogen and oxygen atoms in total. The Morgan fingerprint density at radius 1 is 0.950 bits per heavy atom. The average Bonchev–Trinajstić information content (AvgIpc) is 3.12. The molecule has 0 N–H and O–H groups in total. The van der Waals surface area contributed by atoms with Crippen LogP contribution >= 0.6 is 0 Å². The molecule has 0 radical (unpaired) electrons. The molecule has 0 spiro atoms. The summed E-state index contributed by atoms with van der Waals surface area (Å²) in [5, 5.41) is 0. The summed E-state index contributed by atoms with van der Waals surface area (Å²) in [6.45, 7) is 27.8. The van der Waals surface area contributed by atoms with E-state index in [0.717, 1.165) is 25.0 Å². The molecule has 3 saturated carbocycles. The van der Waals surface area contributed by atoms with Gasteiger partial charge < -0.3 is 13.3 Å². The Hall–Kier alpha value is -0.639. The molecular weight excluding hydrogens is 545 g/mol. The molecule has 0 aliphatic heterocycles. The molecule has 7 heteroatoms. The minimum absolute atomic E-state index is 0.0142. The molecule has 0 bridgehead atoms. The van der Waals surface area contributed by atoms with Gasteiger partial charge in [0.25, 0.3) is 5.97 Å². The van der Waals surface area contributed by atoms with Gasteiger partial charge in [0.1, 0.15) is 0 Å². The van der Waals surface area contributed by atoms with Crippen molar-refractivity contribution < 1.29 is 18.1 Å². The normalized spacial score (nSPS) is 37.0. The number of carbonyl (C=O) groups is 1. The van der Waals surface area contributed by atoms with Crippen LogP contribution in [0, 0.1) is 40.4 Å². The molecule has 0 aromatic carbocycles. The Balaban J connectivity index is 1.57. The molecule has 4 rings (SSSR count). The van der Waals surface area contributed by atoms with E-state index in [2.05, 4.69) is 91.8 Å². The molecule has 3 fully saturated rings. The lowest BCUT2D eigenvalue weighted by molar-refractivity contribution is -0.135. The fraction of sp³-hybridized carbons (Fsp3) is 0.848. The molecule has 228 valence electrons. The van der Waals surface area contributed by atoms with Crippen molar-refractivity contribution in [3.05, 3.63) is 23.5 Å². The van der Waals surface area contributed by atoms with E-state index >= 15 is 0 Å². The molecule has 0 amide bonds. The molecule has 0 heterocycles. The highest BCUT2D eigenvalue weighted by molar-refractivity contribution is 6.71. The van der Waals surface area contributed by atoms with Gasteiger partial charge in [-0.25, -0.2) is 0 Å². The number of allylic oxidation sites excluding steroid dienone is 2. The van der Waals surface area contributed by atoms with Gasteiger partial charge in [-0.3, -0.25) is 4.79 Å². The molecule has 40 heavy (non-hydrogen) atoms. The predicted molar refractivity (Wildman–Crippen MR) is 175 cm³/mol. The van der Waals surface area contributed by atoms with Crippen molar-refractivity contribution in [3.63, 3.8) is 0 Å². The Labute approximate surface area is 249 Å². The Kier molecular flexibility index (Phi) is 8.98. The van der Waals surface area contributed by atoms with Crippen LogP contribution in [0.25, 0.3) is 0 Å². The van der Waals surface area contributed by atoms with Crippen LogP contribution in [0.3, 0.4) is 0 Å². The third-order valence-electron chi connectivity index (χ3n) is 10.7. The summed E-state index contributed by atoms with van der Waals surface area (Å²) in [7, 11) is -5.20. The van der Waals surface area contributed by atoms with Crippen LogP contribution in [-0.4, -0.2) is 37.0 Å². The predicted octanol–water partition coefficient (Wildman–Crippen LogP) is 9.54. The highest BCUT2D eigenvalue weighted by Gasteiger charge is 2.62.